The number of anilines is 1. The number of carbonyl (C=O) groups is 2. The molecule has 39 heavy (non-hydrogen) atoms. The third-order valence-electron chi connectivity index (χ3n) is 6.36. The molecule has 1 aliphatic rings. The Labute approximate surface area is 235 Å². The number of H-pyrrole nitrogens is 1. The molecule has 206 valence electrons. The minimum Gasteiger partial charge on any atom is -0.383 e. The molecule has 4 rings (SSSR count). The highest BCUT2D eigenvalue weighted by molar-refractivity contribution is 6.31. The van der Waals surface area contributed by atoms with Gasteiger partial charge in [-0.1, -0.05) is 66.9 Å². The summed E-state index contributed by atoms with van der Waals surface area (Å²) in [6.07, 6.45) is 9.70. The van der Waals surface area contributed by atoms with Crippen molar-refractivity contribution >= 4 is 40.6 Å². The van der Waals surface area contributed by atoms with Crippen molar-refractivity contribution in [1.82, 2.24) is 20.6 Å². The topological polar surface area (TPSA) is 98.9 Å². The predicted octanol–water partition coefficient (Wildman–Crippen LogP) is 6.63. The summed E-state index contributed by atoms with van der Waals surface area (Å²) < 4.78 is 0. The highest BCUT2D eigenvalue weighted by Gasteiger charge is 2.17. The standard InChI is InChI=1S/C21H28N2O.C10H10ClN3O/c1-4-9-19(15-22-18-11-6-5-7-12-18)23-21(24)20-13-8-10-16(2)14-17(20)3;1-6(12-5-15)10-13-8-3-2-7(11)4-9(8)14-10/h5-7,10-14,19,22H,4,8-9,15H2,1-3H3,(H,23,24);2-6H,1H3,(H,12,15)(H,13,14). The number of para-hydroxylation sites is 1. The van der Waals surface area contributed by atoms with Gasteiger partial charge in [-0.25, -0.2) is 4.98 Å². The van der Waals surface area contributed by atoms with Gasteiger partial charge in [-0.3, -0.25) is 9.59 Å². The van der Waals surface area contributed by atoms with Gasteiger partial charge in [0.05, 0.1) is 17.1 Å². The number of nitrogens with zero attached hydrogens (tertiary/aromatic N) is 1. The number of aromatic nitrogens is 2. The second-order valence-corrected chi connectivity index (χ2v) is 10.1. The fraction of sp³-hybridized carbons (Fsp3) is 0.323. The zero-order valence-electron chi connectivity index (χ0n) is 23.1. The van der Waals surface area contributed by atoms with E-state index < -0.39 is 0 Å². The van der Waals surface area contributed by atoms with Crippen molar-refractivity contribution in [3.8, 4) is 0 Å². The molecule has 2 atom stereocenters. The molecule has 1 heterocycles. The van der Waals surface area contributed by atoms with E-state index in [1.54, 1.807) is 12.1 Å². The lowest BCUT2D eigenvalue weighted by atomic mass is 10.0. The van der Waals surface area contributed by atoms with Gasteiger partial charge in [0.2, 0.25) is 6.41 Å². The number of hydrogen-bond donors (Lipinski definition) is 4. The fourth-order valence-electron chi connectivity index (χ4n) is 4.30. The Kier molecular flexibility index (Phi) is 11.4. The molecule has 2 unspecified atom stereocenters. The Morgan fingerprint density at radius 1 is 1.15 bits per heavy atom. The van der Waals surface area contributed by atoms with Crippen LogP contribution in [0.2, 0.25) is 5.02 Å². The summed E-state index contributed by atoms with van der Waals surface area (Å²) in [7, 11) is 0. The van der Waals surface area contributed by atoms with Crippen LogP contribution in [0.15, 0.2) is 83.5 Å². The number of carbonyl (C=O) groups excluding carboxylic acids is 2. The second-order valence-electron chi connectivity index (χ2n) is 9.62. The Morgan fingerprint density at radius 3 is 2.64 bits per heavy atom. The zero-order valence-corrected chi connectivity index (χ0v) is 23.8. The third-order valence-corrected chi connectivity index (χ3v) is 6.60. The molecule has 1 aliphatic carbocycles. The van der Waals surface area contributed by atoms with E-state index in [1.807, 2.05) is 56.3 Å². The van der Waals surface area contributed by atoms with Gasteiger partial charge in [-0.2, -0.15) is 0 Å². The Balaban J connectivity index is 0.000000239. The molecule has 8 heteroatoms. The Morgan fingerprint density at radius 2 is 1.92 bits per heavy atom. The normalized spacial score (nSPS) is 14.4. The van der Waals surface area contributed by atoms with Gasteiger partial charge in [-0.15, -0.1) is 0 Å². The van der Waals surface area contributed by atoms with E-state index in [-0.39, 0.29) is 18.0 Å². The van der Waals surface area contributed by atoms with Crippen LogP contribution in [0, 0.1) is 0 Å². The molecule has 0 bridgehead atoms. The monoisotopic (exact) mass is 547 g/mol. The number of imidazole rings is 1. The molecule has 1 aromatic heterocycles. The van der Waals surface area contributed by atoms with Gasteiger partial charge in [-0.05, 0) is 69.5 Å². The van der Waals surface area contributed by atoms with Crippen LogP contribution in [0.5, 0.6) is 0 Å². The van der Waals surface area contributed by atoms with Crippen LogP contribution in [0.3, 0.4) is 0 Å². The summed E-state index contributed by atoms with van der Waals surface area (Å²) in [6, 6.07) is 15.5. The van der Waals surface area contributed by atoms with E-state index >= 15 is 0 Å². The minimum absolute atomic E-state index is 0.0279. The lowest BCUT2D eigenvalue weighted by Gasteiger charge is -2.20. The first-order chi connectivity index (χ1) is 18.8. The van der Waals surface area contributed by atoms with Crippen molar-refractivity contribution < 1.29 is 9.59 Å². The molecule has 0 spiro atoms. The van der Waals surface area contributed by atoms with Crippen molar-refractivity contribution in [2.75, 3.05) is 11.9 Å². The highest BCUT2D eigenvalue weighted by Crippen LogP contribution is 2.20. The van der Waals surface area contributed by atoms with Gasteiger partial charge in [0.25, 0.3) is 5.91 Å². The van der Waals surface area contributed by atoms with Crippen molar-refractivity contribution in [3.05, 3.63) is 94.3 Å². The third kappa shape index (κ3) is 9.14. The second kappa shape index (κ2) is 14.9. The average molecular weight is 548 g/mol. The van der Waals surface area contributed by atoms with Gasteiger partial charge in [0.1, 0.15) is 5.82 Å². The van der Waals surface area contributed by atoms with E-state index in [1.165, 1.54) is 5.57 Å². The van der Waals surface area contributed by atoms with Crippen LogP contribution in [-0.4, -0.2) is 34.9 Å². The summed E-state index contributed by atoms with van der Waals surface area (Å²) in [6.45, 7) is 8.81. The van der Waals surface area contributed by atoms with Gasteiger partial charge < -0.3 is 20.9 Å². The SMILES string of the molecule is CC(NC=O)c1nc2ccc(Cl)cc2[nH]1.CCCC(CNc1ccccc1)NC(=O)C1=CCC=C(C)C=C1C. The van der Waals surface area contributed by atoms with Crippen LogP contribution in [-0.2, 0) is 9.59 Å². The molecule has 0 aliphatic heterocycles. The number of benzene rings is 2. The maximum atomic E-state index is 12.7. The summed E-state index contributed by atoms with van der Waals surface area (Å²) in [4.78, 5) is 30.4. The van der Waals surface area contributed by atoms with Crippen molar-refractivity contribution in [2.24, 2.45) is 0 Å². The molecular weight excluding hydrogens is 510 g/mol. The fourth-order valence-corrected chi connectivity index (χ4v) is 4.47. The summed E-state index contributed by atoms with van der Waals surface area (Å²) >= 11 is 5.85. The summed E-state index contributed by atoms with van der Waals surface area (Å²) in [5.41, 5.74) is 5.83. The van der Waals surface area contributed by atoms with E-state index in [9.17, 15) is 9.59 Å². The number of halogens is 1. The van der Waals surface area contributed by atoms with Crippen molar-refractivity contribution in [2.45, 2.75) is 59.0 Å². The van der Waals surface area contributed by atoms with Crippen LogP contribution >= 0.6 is 11.6 Å². The molecule has 2 aromatic carbocycles. The lowest BCUT2D eigenvalue weighted by Crippen LogP contribution is -2.40. The largest absolute Gasteiger partial charge is 0.383 e. The Bertz CT molecular complexity index is 1340. The number of aromatic amines is 1. The highest BCUT2D eigenvalue weighted by atomic mass is 35.5. The van der Waals surface area contributed by atoms with E-state index in [0.717, 1.165) is 59.5 Å². The number of allylic oxidation sites excluding steroid dienone is 4. The molecule has 2 amide bonds. The van der Waals surface area contributed by atoms with E-state index in [2.05, 4.69) is 51.9 Å². The minimum atomic E-state index is -0.131. The molecule has 0 saturated carbocycles. The molecule has 7 nitrogen and oxygen atoms in total. The van der Waals surface area contributed by atoms with Crippen LogP contribution < -0.4 is 16.0 Å². The van der Waals surface area contributed by atoms with Crippen LogP contribution in [0.4, 0.5) is 5.69 Å². The number of rotatable bonds is 10. The average Bonchev–Trinajstić information content (AvgIpc) is 3.26. The smallest absolute Gasteiger partial charge is 0.251 e. The first-order valence-corrected chi connectivity index (χ1v) is 13.7. The summed E-state index contributed by atoms with van der Waals surface area (Å²) in [5.74, 6) is 0.750. The molecule has 0 fully saturated rings. The van der Waals surface area contributed by atoms with E-state index in [4.69, 9.17) is 11.6 Å². The Hall–Kier alpha value is -3.84. The number of amides is 2. The summed E-state index contributed by atoms with van der Waals surface area (Å²) in [5, 5.41) is 9.90. The zero-order chi connectivity index (χ0) is 28.2. The maximum absolute atomic E-state index is 12.7. The molecule has 0 saturated heterocycles. The van der Waals surface area contributed by atoms with E-state index in [0.29, 0.717) is 11.4 Å². The molecule has 3 aromatic rings. The van der Waals surface area contributed by atoms with Gasteiger partial charge >= 0.3 is 0 Å². The molecule has 4 N–H and O–H groups in total. The van der Waals surface area contributed by atoms with Crippen LogP contribution in [0.25, 0.3) is 11.0 Å². The lowest BCUT2D eigenvalue weighted by molar-refractivity contribution is -0.118. The maximum Gasteiger partial charge on any atom is 0.251 e. The first kappa shape index (κ1) is 29.7. The number of hydrogen-bond acceptors (Lipinski definition) is 4. The van der Waals surface area contributed by atoms with Gasteiger partial charge in [0, 0.05) is 28.9 Å². The number of nitrogens with one attached hydrogen (secondary N) is 4. The number of fused-ring (bicyclic) bond motifs is 1. The predicted molar refractivity (Wildman–Crippen MR) is 161 cm³/mol. The quantitative estimate of drug-likeness (QED) is 0.214. The van der Waals surface area contributed by atoms with Gasteiger partial charge in [0.15, 0.2) is 0 Å². The molecule has 0 radical (unpaired) electrons. The molecular formula is C31H38ClN5O2. The first-order valence-electron chi connectivity index (χ1n) is 13.3. The van der Waals surface area contributed by atoms with Crippen molar-refractivity contribution in [3.63, 3.8) is 0 Å². The van der Waals surface area contributed by atoms with Crippen molar-refractivity contribution in [1.29, 1.82) is 0 Å². The van der Waals surface area contributed by atoms with Crippen LogP contribution in [0.1, 0.15) is 58.8 Å².